The molecule has 0 spiro atoms. The van der Waals surface area contributed by atoms with E-state index in [4.69, 9.17) is 0 Å². The van der Waals surface area contributed by atoms with Crippen molar-refractivity contribution >= 4 is 39.1 Å². The van der Waals surface area contributed by atoms with Gasteiger partial charge in [0.1, 0.15) is 0 Å². The SMILES string of the molecule is CC/C(=N\NC(=O)CCC(=O)Nc1ccc(Br)cc1)c1ccccc1. The van der Waals surface area contributed by atoms with Crippen molar-refractivity contribution in [3.8, 4) is 0 Å². The molecule has 130 valence electrons. The van der Waals surface area contributed by atoms with E-state index < -0.39 is 0 Å². The first-order valence-corrected chi connectivity index (χ1v) is 8.84. The van der Waals surface area contributed by atoms with Crippen molar-refractivity contribution in [2.45, 2.75) is 26.2 Å². The molecule has 0 aliphatic heterocycles. The van der Waals surface area contributed by atoms with Crippen molar-refractivity contribution < 1.29 is 9.59 Å². The van der Waals surface area contributed by atoms with Crippen LogP contribution in [0.2, 0.25) is 0 Å². The Morgan fingerprint density at radius 3 is 2.24 bits per heavy atom. The molecule has 2 N–H and O–H groups in total. The summed E-state index contributed by atoms with van der Waals surface area (Å²) in [4.78, 5) is 23.8. The van der Waals surface area contributed by atoms with Gasteiger partial charge in [-0.2, -0.15) is 5.10 Å². The molecular formula is C19H20BrN3O2. The van der Waals surface area contributed by atoms with Gasteiger partial charge in [0.2, 0.25) is 11.8 Å². The average Bonchev–Trinajstić information content (AvgIpc) is 2.63. The number of carbonyl (C=O) groups excluding carboxylic acids is 2. The zero-order chi connectivity index (χ0) is 18.1. The van der Waals surface area contributed by atoms with Crippen LogP contribution in [0.3, 0.4) is 0 Å². The molecule has 2 rings (SSSR count). The molecule has 0 atom stereocenters. The zero-order valence-corrected chi connectivity index (χ0v) is 15.5. The van der Waals surface area contributed by atoms with Gasteiger partial charge in [-0.05, 0) is 36.2 Å². The molecule has 2 aromatic carbocycles. The Bertz CT molecular complexity index is 743. The molecule has 0 radical (unpaired) electrons. The molecule has 0 fully saturated rings. The smallest absolute Gasteiger partial charge is 0.240 e. The highest BCUT2D eigenvalue weighted by Crippen LogP contribution is 2.14. The topological polar surface area (TPSA) is 70.6 Å². The molecule has 5 nitrogen and oxygen atoms in total. The highest BCUT2D eigenvalue weighted by Gasteiger charge is 2.08. The van der Waals surface area contributed by atoms with Gasteiger partial charge >= 0.3 is 0 Å². The lowest BCUT2D eigenvalue weighted by Crippen LogP contribution is -2.22. The van der Waals surface area contributed by atoms with Crippen LogP contribution in [0, 0.1) is 0 Å². The average molecular weight is 402 g/mol. The molecule has 6 heteroatoms. The predicted octanol–water partition coefficient (Wildman–Crippen LogP) is 4.10. The summed E-state index contributed by atoms with van der Waals surface area (Å²) in [5.41, 5.74) is 4.99. The minimum absolute atomic E-state index is 0.0810. The molecule has 0 bridgehead atoms. The number of amides is 2. The second kappa shape index (κ2) is 9.74. The van der Waals surface area contributed by atoms with Crippen LogP contribution in [0.25, 0.3) is 0 Å². The standard InChI is InChI=1S/C19H20BrN3O2/c1-2-17(14-6-4-3-5-7-14)22-23-19(25)13-12-18(24)21-16-10-8-15(20)9-11-16/h3-11H,2,12-13H2,1H3,(H,21,24)(H,23,25)/b22-17+. The molecule has 0 heterocycles. The van der Waals surface area contributed by atoms with E-state index in [1.165, 1.54) is 0 Å². The molecule has 0 saturated carbocycles. The van der Waals surface area contributed by atoms with E-state index in [9.17, 15) is 9.59 Å². The molecule has 0 unspecified atom stereocenters. The summed E-state index contributed by atoms with van der Waals surface area (Å²) in [6, 6.07) is 16.9. The maximum absolute atomic E-state index is 11.9. The van der Waals surface area contributed by atoms with Crippen LogP contribution in [0.1, 0.15) is 31.7 Å². The first-order valence-electron chi connectivity index (χ1n) is 8.04. The lowest BCUT2D eigenvalue weighted by Gasteiger charge is -2.06. The number of hydrazone groups is 1. The maximum atomic E-state index is 11.9. The Labute approximate surface area is 155 Å². The van der Waals surface area contributed by atoms with Gasteiger partial charge in [-0.25, -0.2) is 5.43 Å². The minimum Gasteiger partial charge on any atom is -0.326 e. The highest BCUT2D eigenvalue weighted by molar-refractivity contribution is 9.10. The monoisotopic (exact) mass is 401 g/mol. The normalized spacial score (nSPS) is 11.0. The van der Waals surface area contributed by atoms with Gasteiger partial charge in [-0.15, -0.1) is 0 Å². The van der Waals surface area contributed by atoms with Crippen LogP contribution in [-0.4, -0.2) is 17.5 Å². The number of anilines is 1. The minimum atomic E-state index is -0.284. The summed E-state index contributed by atoms with van der Waals surface area (Å²) < 4.78 is 0.938. The first kappa shape index (κ1) is 18.9. The van der Waals surface area contributed by atoms with Crippen LogP contribution < -0.4 is 10.7 Å². The lowest BCUT2D eigenvalue weighted by molar-refractivity contribution is -0.124. The molecule has 0 aliphatic rings. The molecule has 25 heavy (non-hydrogen) atoms. The third-order valence-corrected chi connectivity index (χ3v) is 3.99. The van der Waals surface area contributed by atoms with Crippen LogP contribution in [0.15, 0.2) is 64.2 Å². The van der Waals surface area contributed by atoms with E-state index in [1.807, 2.05) is 49.4 Å². The molecular weight excluding hydrogens is 382 g/mol. The fourth-order valence-corrected chi connectivity index (χ4v) is 2.41. The fourth-order valence-electron chi connectivity index (χ4n) is 2.15. The Morgan fingerprint density at radius 1 is 0.960 bits per heavy atom. The number of rotatable bonds is 7. The number of carbonyl (C=O) groups is 2. The van der Waals surface area contributed by atoms with Crippen molar-refractivity contribution in [2.75, 3.05) is 5.32 Å². The van der Waals surface area contributed by atoms with Gasteiger partial charge in [-0.3, -0.25) is 9.59 Å². The summed E-state index contributed by atoms with van der Waals surface area (Å²) in [6.45, 7) is 1.98. The number of nitrogens with one attached hydrogen (secondary N) is 2. The Balaban J connectivity index is 1.80. The van der Waals surface area contributed by atoms with Crippen LogP contribution >= 0.6 is 15.9 Å². The van der Waals surface area contributed by atoms with E-state index in [0.717, 1.165) is 15.7 Å². The molecule has 2 aromatic rings. The number of nitrogens with zero attached hydrogens (tertiary/aromatic N) is 1. The van der Waals surface area contributed by atoms with Crippen molar-refractivity contribution in [3.63, 3.8) is 0 Å². The van der Waals surface area contributed by atoms with Gasteiger partial charge < -0.3 is 5.32 Å². The zero-order valence-electron chi connectivity index (χ0n) is 14.0. The summed E-state index contributed by atoms with van der Waals surface area (Å²) in [5.74, 6) is -0.493. The second-order valence-corrected chi connectivity index (χ2v) is 6.28. The summed E-state index contributed by atoms with van der Waals surface area (Å²) in [6.07, 6.45) is 0.885. The van der Waals surface area contributed by atoms with Crippen LogP contribution in [0.4, 0.5) is 5.69 Å². The Hall–Kier alpha value is -2.47. The van der Waals surface area contributed by atoms with E-state index >= 15 is 0 Å². The number of hydrogen-bond donors (Lipinski definition) is 2. The molecule has 0 aliphatic carbocycles. The van der Waals surface area contributed by atoms with Gasteiger partial charge in [0.25, 0.3) is 0 Å². The Kier molecular flexibility index (Phi) is 7.35. The number of benzene rings is 2. The number of hydrogen-bond acceptors (Lipinski definition) is 3. The van der Waals surface area contributed by atoms with Crippen molar-refractivity contribution in [1.29, 1.82) is 0 Å². The van der Waals surface area contributed by atoms with Gasteiger partial charge in [-0.1, -0.05) is 53.2 Å². The third kappa shape index (κ3) is 6.51. The fraction of sp³-hybridized carbons (Fsp3) is 0.211. The molecule has 0 saturated heterocycles. The Morgan fingerprint density at radius 2 is 1.60 bits per heavy atom. The van der Waals surface area contributed by atoms with E-state index in [0.29, 0.717) is 12.1 Å². The largest absolute Gasteiger partial charge is 0.326 e. The van der Waals surface area contributed by atoms with E-state index in [-0.39, 0.29) is 24.7 Å². The lowest BCUT2D eigenvalue weighted by atomic mass is 10.1. The quantitative estimate of drug-likeness (QED) is 0.541. The van der Waals surface area contributed by atoms with Crippen molar-refractivity contribution in [2.24, 2.45) is 5.10 Å². The van der Waals surface area contributed by atoms with Crippen LogP contribution in [0.5, 0.6) is 0 Å². The predicted molar refractivity (Wildman–Crippen MR) is 103 cm³/mol. The first-order chi connectivity index (χ1) is 12.1. The molecule has 2 amide bonds. The highest BCUT2D eigenvalue weighted by atomic mass is 79.9. The summed E-state index contributed by atoms with van der Waals surface area (Å²) in [5, 5.41) is 6.92. The van der Waals surface area contributed by atoms with Gasteiger partial charge in [0, 0.05) is 23.0 Å². The summed E-state index contributed by atoms with van der Waals surface area (Å²) in [7, 11) is 0. The summed E-state index contributed by atoms with van der Waals surface area (Å²) >= 11 is 3.34. The van der Waals surface area contributed by atoms with Gasteiger partial charge in [0.05, 0.1) is 5.71 Å². The second-order valence-electron chi connectivity index (χ2n) is 5.37. The molecule has 0 aromatic heterocycles. The maximum Gasteiger partial charge on any atom is 0.240 e. The van der Waals surface area contributed by atoms with Crippen molar-refractivity contribution in [1.82, 2.24) is 5.43 Å². The van der Waals surface area contributed by atoms with E-state index in [2.05, 4.69) is 31.8 Å². The van der Waals surface area contributed by atoms with Crippen molar-refractivity contribution in [3.05, 3.63) is 64.6 Å². The number of halogens is 1. The van der Waals surface area contributed by atoms with E-state index in [1.54, 1.807) is 12.1 Å². The van der Waals surface area contributed by atoms with Crippen LogP contribution in [-0.2, 0) is 9.59 Å². The van der Waals surface area contributed by atoms with Gasteiger partial charge in [0.15, 0.2) is 0 Å². The third-order valence-electron chi connectivity index (χ3n) is 3.46.